The van der Waals surface area contributed by atoms with E-state index in [9.17, 15) is 13.2 Å². The number of carbonyl (C=O) groups excluding carboxylic acids is 1. The molecule has 10 heteroatoms. The molecule has 1 saturated heterocycles. The van der Waals surface area contributed by atoms with Gasteiger partial charge in [-0.15, -0.1) is 11.3 Å². The maximum absolute atomic E-state index is 13.0. The Hall–Kier alpha value is -1.65. The monoisotopic (exact) mass is 458 g/mol. The van der Waals surface area contributed by atoms with Crippen LogP contribution in [-0.4, -0.2) is 69.5 Å². The third-order valence-corrected chi connectivity index (χ3v) is 8.07. The molecule has 0 unspecified atom stereocenters. The van der Waals surface area contributed by atoms with Crippen molar-refractivity contribution in [2.45, 2.75) is 11.1 Å². The second kappa shape index (κ2) is 9.90. The van der Waals surface area contributed by atoms with Crippen LogP contribution < -0.4 is 4.74 Å². The van der Waals surface area contributed by atoms with Crippen molar-refractivity contribution in [3.8, 4) is 5.75 Å². The first-order chi connectivity index (χ1) is 13.9. The summed E-state index contributed by atoms with van der Waals surface area (Å²) in [6.07, 6.45) is 0. The van der Waals surface area contributed by atoms with Gasteiger partial charge in [0.25, 0.3) is 15.9 Å². The van der Waals surface area contributed by atoms with E-state index in [4.69, 9.17) is 21.1 Å². The van der Waals surface area contributed by atoms with Crippen LogP contribution in [0, 0.1) is 0 Å². The standard InChI is InChI=1S/C19H23ClN2O5S2/c1-2-26-13-14-27-16-6-4-3-5-15(16)19(23)21-9-11-22(12-10-21)29(24,25)18-8-7-17(20)28-18/h3-8H,2,9-14H2,1H3. The lowest BCUT2D eigenvalue weighted by atomic mass is 10.1. The molecule has 1 aromatic heterocycles. The third kappa shape index (κ3) is 5.29. The van der Waals surface area contributed by atoms with E-state index in [1.165, 1.54) is 10.4 Å². The molecule has 0 N–H and O–H groups in total. The van der Waals surface area contributed by atoms with Crippen LogP contribution in [0.25, 0.3) is 0 Å². The zero-order valence-electron chi connectivity index (χ0n) is 16.0. The first kappa shape index (κ1) is 22.0. The molecule has 0 saturated carbocycles. The number of benzene rings is 1. The summed E-state index contributed by atoms with van der Waals surface area (Å²) in [4.78, 5) is 14.6. The average molecular weight is 459 g/mol. The molecule has 1 aromatic carbocycles. The fourth-order valence-electron chi connectivity index (χ4n) is 2.99. The van der Waals surface area contributed by atoms with E-state index in [1.54, 1.807) is 29.2 Å². The number of piperazine rings is 1. The number of carbonyl (C=O) groups is 1. The number of amides is 1. The number of sulfonamides is 1. The Labute approximate surface area is 179 Å². The van der Waals surface area contributed by atoms with Crippen molar-refractivity contribution in [3.63, 3.8) is 0 Å². The van der Waals surface area contributed by atoms with Crippen molar-refractivity contribution >= 4 is 38.9 Å². The Kier molecular flexibility index (Phi) is 7.53. The molecule has 0 spiro atoms. The minimum absolute atomic E-state index is 0.173. The van der Waals surface area contributed by atoms with E-state index >= 15 is 0 Å². The molecule has 158 valence electrons. The molecule has 0 atom stereocenters. The van der Waals surface area contributed by atoms with Crippen LogP contribution in [0.1, 0.15) is 17.3 Å². The van der Waals surface area contributed by atoms with Crippen molar-refractivity contribution in [2.24, 2.45) is 0 Å². The van der Waals surface area contributed by atoms with Gasteiger partial charge in [-0.05, 0) is 31.2 Å². The van der Waals surface area contributed by atoms with Crippen LogP contribution in [0.15, 0.2) is 40.6 Å². The number of hydrogen-bond donors (Lipinski definition) is 0. The fraction of sp³-hybridized carbons (Fsp3) is 0.421. The Balaban J connectivity index is 1.63. The van der Waals surface area contributed by atoms with Crippen LogP contribution in [0.2, 0.25) is 4.34 Å². The van der Waals surface area contributed by atoms with E-state index < -0.39 is 10.0 Å². The van der Waals surface area contributed by atoms with Crippen LogP contribution >= 0.6 is 22.9 Å². The molecule has 1 amide bonds. The molecule has 1 fully saturated rings. The van der Waals surface area contributed by atoms with Crippen LogP contribution in [0.4, 0.5) is 0 Å². The number of ether oxygens (including phenoxy) is 2. The Morgan fingerprint density at radius 1 is 1.10 bits per heavy atom. The minimum Gasteiger partial charge on any atom is -0.490 e. The van der Waals surface area contributed by atoms with Gasteiger partial charge in [0.2, 0.25) is 0 Å². The summed E-state index contributed by atoms with van der Waals surface area (Å²) in [5.41, 5.74) is 0.463. The van der Waals surface area contributed by atoms with Gasteiger partial charge < -0.3 is 14.4 Å². The van der Waals surface area contributed by atoms with Crippen LogP contribution in [0.5, 0.6) is 5.75 Å². The summed E-state index contributed by atoms with van der Waals surface area (Å²) in [7, 11) is -3.59. The van der Waals surface area contributed by atoms with Gasteiger partial charge in [-0.1, -0.05) is 23.7 Å². The molecular weight excluding hydrogens is 436 g/mol. The second-order valence-corrected chi connectivity index (χ2v) is 10.2. The molecule has 0 aliphatic carbocycles. The number of rotatable bonds is 8. The predicted molar refractivity (Wildman–Crippen MR) is 112 cm³/mol. The van der Waals surface area contributed by atoms with Crippen molar-refractivity contribution in [2.75, 3.05) is 46.0 Å². The fourth-order valence-corrected chi connectivity index (χ4v) is 6.05. The van der Waals surface area contributed by atoms with E-state index in [0.717, 1.165) is 11.3 Å². The van der Waals surface area contributed by atoms with Gasteiger partial charge in [-0.3, -0.25) is 4.79 Å². The summed E-state index contributed by atoms with van der Waals surface area (Å²) in [5, 5.41) is 0. The van der Waals surface area contributed by atoms with E-state index in [0.29, 0.717) is 48.6 Å². The zero-order valence-corrected chi connectivity index (χ0v) is 18.4. The lowest BCUT2D eigenvalue weighted by Gasteiger charge is -2.34. The summed E-state index contributed by atoms with van der Waals surface area (Å²) in [6, 6.07) is 10.1. The number of nitrogens with zero attached hydrogens (tertiary/aromatic N) is 2. The Morgan fingerprint density at radius 3 is 2.48 bits per heavy atom. The molecule has 1 aliphatic heterocycles. The normalized spacial score (nSPS) is 15.4. The highest BCUT2D eigenvalue weighted by molar-refractivity contribution is 7.91. The summed E-state index contributed by atoms with van der Waals surface area (Å²) in [5.74, 6) is 0.328. The van der Waals surface area contributed by atoms with Crippen molar-refractivity contribution < 1.29 is 22.7 Å². The molecule has 29 heavy (non-hydrogen) atoms. The number of hydrogen-bond acceptors (Lipinski definition) is 6. The smallest absolute Gasteiger partial charge is 0.257 e. The van der Waals surface area contributed by atoms with E-state index in [2.05, 4.69) is 0 Å². The van der Waals surface area contributed by atoms with Gasteiger partial charge in [0.05, 0.1) is 16.5 Å². The maximum atomic E-state index is 13.0. The van der Waals surface area contributed by atoms with Gasteiger partial charge in [-0.2, -0.15) is 4.31 Å². The van der Waals surface area contributed by atoms with Crippen LogP contribution in [-0.2, 0) is 14.8 Å². The van der Waals surface area contributed by atoms with Crippen LogP contribution in [0.3, 0.4) is 0 Å². The molecule has 2 heterocycles. The van der Waals surface area contributed by atoms with Crippen molar-refractivity contribution in [1.82, 2.24) is 9.21 Å². The quantitative estimate of drug-likeness (QED) is 0.568. The third-order valence-electron chi connectivity index (χ3n) is 4.48. The minimum atomic E-state index is -3.59. The van der Waals surface area contributed by atoms with Crippen molar-refractivity contribution in [3.05, 3.63) is 46.3 Å². The molecule has 7 nitrogen and oxygen atoms in total. The SMILES string of the molecule is CCOCCOc1ccccc1C(=O)N1CCN(S(=O)(=O)c2ccc(Cl)s2)CC1. The van der Waals surface area contributed by atoms with Gasteiger partial charge in [-0.25, -0.2) is 8.42 Å². The molecule has 2 aromatic rings. The Bertz CT molecular complexity index is 940. The highest BCUT2D eigenvalue weighted by Gasteiger charge is 2.32. The summed E-state index contributed by atoms with van der Waals surface area (Å²) >= 11 is 6.90. The summed E-state index contributed by atoms with van der Waals surface area (Å²) in [6.45, 7) is 4.40. The Morgan fingerprint density at radius 2 is 1.83 bits per heavy atom. The summed E-state index contributed by atoms with van der Waals surface area (Å²) < 4.78 is 38.4. The second-order valence-electron chi connectivity index (χ2n) is 6.30. The number of halogens is 1. The molecule has 3 rings (SSSR count). The van der Waals surface area contributed by atoms with E-state index in [1.807, 2.05) is 13.0 Å². The highest BCUT2D eigenvalue weighted by atomic mass is 35.5. The van der Waals surface area contributed by atoms with Crippen molar-refractivity contribution in [1.29, 1.82) is 0 Å². The van der Waals surface area contributed by atoms with Gasteiger partial charge in [0, 0.05) is 32.8 Å². The first-order valence-corrected chi connectivity index (χ1v) is 11.9. The largest absolute Gasteiger partial charge is 0.490 e. The zero-order chi connectivity index (χ0) is 20.9. The number of thiophene rings is 1. The molecule has 0 bridgehead atoms. The lowest BCUT2D eigenvalue weighted by Crippen LogP contribution is -2.50. The lowest BCUT2D eigenvalue weighted by molar-refractivity contribution is 0.0688. The van der Waals surface area contributed by atoms with Gasteiger partial charge >= 0.3 is 0 Å². The number of para-hydroxylation sites is 1. The average Bonchev–Trinajstić information content (AvgIpc) is 3.18. The first-order valence-electron chi connectivity index (χ1n) is 9.28. The topological polar surface area (TPSA) is 76.2 Å². The molecule has 0 radical (unpaired) electrons. The van der Waals surface area contributed by atoms with E-state index in [-0.39, 0.29) is 23.2 Å². The van der Waals surface area contributed by atoms with Gasteiger partial charge in [0.1, 0.15) is 16.6 Å². The highest BCUT2D eigenvalue weighted by Crippen LogP contribution is 2.29. The molecular formula is C19H23ClN2O5S2. The maximum Gasteiger partial charge on any atom is 0.257 e. The molecule has 1 aliphatic rings. The van der Waals surface area contributed by atoms with Gasteiger partial charge in [0.15, 0.2) is 0 Å². The predicted octanol–water partition coefficient (Wildman–Crippen LogP) is 2.96.